The van der Waals surface area contributed by atoms with Gasteiger partial charge in [-0.2, -0.15) is 13.2 Å². The van der Waals surface area contributed by atoms with E-state index in [0.29, 0.717) is 31.0 Å². The van der Waals surface area contributed by atoms with Gasteiger partial charge < -0.3 is 14.4 Å². The van der Waals surface area contributed by atoms with Crippen molar-refractivity contribution < 1.29 is 27.4 Å². The Bertz CT molecular complexity index is 855. The SMILES string of the molecule is CC(C)(C)OC(=O)N1CCc2ccc(Oc3ccc(C(F)(F)F)cc3)cc2C1. The molecule has 0 saturated carbocycles. The van der Waals surface area contributed by atoms with Crippen molar-refractivity contribution in [3.63, 3.8) is 0 Å². The second kappa shape index (κ2) is 7.37. The molecule has 28 heavy (non-hydrogen) atoms. The number of rotatable bonds is 2. The van der Waals surface area contributed by atoms with E-state index in [0.717, 1.165) is 23.3 Å². The second-order valence-electron chi connectivity index (χ2n) is 7.71. The van der Waals surface area contributed by atoms with Crippen molar-refractivity contribution in [2.45, 2.75) is 45.5 Å². The number of fused-ring (bicyclic) bond motifs is 1. The van der Waals surface area contributed by atoms with Gasteiger partial charge in [-0.15, -0.1) is 0 Å². The van der Waals surface area contributed by atoms with E-state index >= 15 is 0 Å². The molecule has 0 aromatic heterocycles. The maximum Gasteiger partial charge on any atom is 0.416 e. The Hall–Kier alpha value is -2.70. The van der Waals surface area contributed by atoms with Gasteiger partial charge in [0.05, 0.1) is 5.56 Å². The molecule has 0 atom stereocenters. The van der Waals surface area contributed by atoms with Crippen LogP contribution in [0.4, 0.5) is 18.0 Å². The third kappa shape index (κ3) is 4.97. The zero-order chi connectivity index (χ0) is 20.5. The first-order valence-electron chi connectivity index (χ1n) is 8.96. The molecule has 1 aliphatic heterocycles. The number of hydrogen-bond donors (Lipinski definition) is 0. The van der Waals surface area contributed by atoms with Gasteiger partial charge in [0.2, 0.25) is 0 Å². The number of ether oxygens (including phenoxy) is 2. The van der Waals surface area contributed by atoms with Gasteiger partial charge in [0.1, 0.15) is 17.1 Å². The molecule has 1 amide bonds. The lowest BCUT2D eigenvalue weighted by molar-refractivity contribution is -0.137. The zero-order valence-corrected chi connectivity index (χ0v) is 16.0. The van der Waals surface area contributed by atoms with Crippen LogP contribution in [0.1, 0.15) is 37.5 Å². The van der Waals surface area contributed by atoms with Gasteiger partial charge >= 0.3 is 12.3 Å². The lowest BCUT2D eigenvalue weighted by atomic mass is 10.00. The van der Waals surface area contributed by atoms with E-state index in [1.54, 1.807) is 11.0 Å². The molecule has 2 aromatic carbocycles. The zero-order valence-electron chi connectivity index (χ0n) is 16.0. The highest BCUT2D eigenvalue weighted by atomic mass is 19.4. The fourth-order valence-corrected chi connectivity index (χ4v) is 2.93. The monoisotopic (exact) mass is 393 g/mol. The van der Waals surface area contributed by atoms with Crippen LogP contribution in [0.25, 0.3) is 0 Å². The van der Waals surface area contributed by atoms with Crippen molar-refractivity contribution in [3.8, 4) is 11.5 Å². The quantitative estimate of drug-likeness (QED) is 0.648. The van der Waals surface area contributed by atoms with Gasteiger partial charge in [-0.1, -0.05) is 6.07 Å². The summed E-state index contributed by atoms with van der Waals surface area (Å²) in [7, 11) is 0. The smallest absolute Gasteiger partial charge is 0.416 e. The number of alkyl halides is 3. The van der Waals surface area contributed by atoms with E-state index in [9.17, 15) is 18.0 Å². The summed E-state index contributed by atoms with van der Waals surface area (Å²) in [5.41, 5.74) is 0.754. The molecular weight excluding hydrogens is 371 g/mol. The summed E-state index contributed by atoms with van der Waals surface area (Å²) in [6.45, 7) is 6.42. The molecular formula is C21H22F3NO3. The first-order chi connectivity index (χ1) is 13.0. The van der Waals surface area contributed by atoms with Crippen LogP contribution in [0.3, 0.4) is 0 Å². The Balaban J connectivity index is 1.71. The van der Waals surface area contributed by atoms with Gasteiger partial charge in [-0.05, 0) is 74.7 Å². The third-order valence-electron chi connectivity index (χ3n) is 4.26. The van der Waals surface area contributed by atoms with Crippen molar-refractivity contribution in [1.82, 2.24) is 4.90 Å². The van der Waals surface area contributed by atoms with Crippen LogP contribution in [0.5, 0.6) is 11.5 Å². The molecule has 0 fully saturated rings. The predicted molar refractivity (Wildman–Crippen MR) is 98.3 cm³/mol. The number of halogens is 3. The van der Waals surface area contributed by atoms with Crippen LogP contribution in [0.15, 0.2) is 42.5 Å². The molecule has 0 spiro atoms. The van der Waals surface area contributed by atoms with Gasteiger partial charge in [0.25, 0.3) is 0 Å². The van der Waals surface area contributed by atoms with Crippen molar-refractivity contribution in [2.75, 3.05) is 6.54 Å². The Labute approximate surface area is 161 Å². The highest BCUT2D eigenvalue weighted by Crippen LogP contribution is 2.32. The molecule has 150 valence electrons. The average Bonchev–Trinajstić information content (AvgIpc) is 2.59. The molecule has 0 unspecified atom stereocenters. The van der Waals surface area contributed by atoms with Crippen LogP contribution in [0.2, 0.25) is 0 Å². The highest BCUT2D eigenvalue weighted by molar-refractivity contribution is 5.68. The molecule has 7 heteroatoms. The summed E-state index contributed by atoms with van der Waals surface area (Å²) in [5, 5.41) is 0. The van der Waals surface area contributed by atoms with Crippen molar-refractivity contribution in [1.29, 1.82) is 0 Å². The first-order valence-corrected chi connectivity index (χ1v) is 8.96. The summed E-state index contributed by atoms with van der Waals surface area (Å²) >= 11 is 0. The maximum absolute atomic E-state index is 12.7. The Morgan fingerprint density at radius 1 is 0.964 bits per heavy atom. The van der Waals surface area contributed by atoms with E-state index in [-0.39, 0.29) is 6.09 Å². The van der Waals surface area contributed by atoms with Gasteiger partial charge in [0.15, 0.2) is 0 Å². The molecule has 3 rings (SSSR count). The van der Waals surface area contributed by atoms with Crippen LogP contribution in [-0.2, 0) is 23.9 Å². The van der Waals surface area contributed by atoms with E-state index in [4.69, 9.17) is 9.47 Å². The summed E-state index contributed by atoms with van der Waals surface area (Å²) in [6, 6.07) is 10.0. The Morgan fingerprint density at radius 3 is 2.21 bits per heavy atom. The molecule has 1 aliphatic rings. The van der Waals surface area contributed by atoms with Gasteiger partial charge in [0, 0.05) is 13.1 Å². The van der Waals surface area contributed by atoms with Crippen molar-refractivity contribution in [3.05, 3.63) is 59.2 Å². The predicted octanol–water partition coefficient (Wildman–Crippen LogP) is 5.79. The number of carbonyl (C=O) groups is 1. The minimum absolute atomic E-state index is 0.313. The highest BCUT2D eigenvalue weighted by Gasteiger charge is 2.30. The van der Waals surface area contributed by atoms with Crippen LogP contribution in [-0.4, -0.2) is 23.1 Å². The third-order valence-corrected chi connectivity index (χ3v) is 4.26. The summed E-state index contributed by atoms with van der Waals surface area (Å²) in [4.78, 5) is 13.9. The minimum atomic E-state index is -4.38. The molecule has 0 radical (unpaired) electrons. The Kier molecular flexibility index (Phi) is 5.28. The van der Waals surface area contributed by atoms with Gasteiger partial charge in [-0.25, -0.2) is 4.79 Å². The first kappa shape index (κ1) is 20.0. The van der Waals surface area contributed by atoms with Crippen molar-refractivity contribution in [2.24, 2.45) is 0 Å². The lowest BCUT2D eigenvalue weighted by Gasteiger charge is -2.31. The number of benzene rings is 2. The molecule has 0 bridgehead atoms. The topological polar surface area (TPSA) is 38.8 Å². The standard InChI is InChI=1S/C21H22F3NO3/c1-20(2,3)28-19(26)25-11-10-14-4-7-18(12-15(14)13-25)27-17-8-5-16(6-9-17)21(22,23)24/h4-9,12H,10-11,13H2,1-3H3. The largest absolute Gasteiger partial charge is 0.457 e. The fourth-order valence-electron chi connectivity index (χ4n) is 2.93. The minimum Gasteiger partial charge on any atom is -0.457 e. The molecule has 2 aromatic rings. The van der Waals surface area contributed by atoms with E-state index in [1.165, 1.54) is 12.1 Å². The Morgan fingerprint density at radius 2 is 1.61 bits per heavy atom. The summed E-state index contributed by atoms with van der Waals surface area (Å²) in [6.07, 6.45) is -4.04. The molecule has 4 nitrogen and oxygen atoms in total. The average molecular weight is 393 g/mol. The molecule has 0 aliphatic carbocycles. The normalized spacial score (nSPS) is 14.4. The van der Waals surface area contributed by atoms with Crippen molar-refractivity contribution >= 4 is 6.09 Å². The number of amides is 1. The van der Waals surface area contributed by atoms with Gasteiger partial charge in [-0.3, -0.25) is 0 Å². The fraction of sp³-hybridized carbons (Fsp3) is 0.381. The summed E-state index contributed by atoms with van der Waals surface area (Å²) < 4.78 is 49.1. The van der Waals surface area contributed by atoms with Crippen LogP contribution >= 0.6 is 0 Å². The van der Waals surface area contributed by atoms with E-state index in [2.05, 4.69) is 0 Å². The van der Waals surface area contributed by atoms with E-state index in [1.807, 2.05) is 32.9 Å². The number of nitrogens with zero attached hydrogens (tertiary/aromatic N) is 1. The number of carbonyl (C=O) groups excluding carboxylic acids is 1. The number of hydrogen-bond acceptors (Lipinski definition) is 3. The van der Waals surface area contributed by atoms with Crippen LogP contribution < -0.4 is 4.74 Å². The second-order valence-corrected chi connectivity index (χ2v) is 7.71. The molecule has 1 heterocycles. The summed E-state index contributed by atoms with van der Waals surface area (Å²) in [5.74, 6) is 0.817. The lowest BCUT2D eigenvalue weighted by Crippen LogP contribution is -2.39. The van der Waals surface area contributed by atoms with Crippen LogP contribution in [0, 0.1) is 0 Å². The maximum atomic E-state index is 12.7. The van der Waals surface area contributed by atoms with E-state index < -0.39 is 17.3 Å². The molecule has 0 saturated heterocycles. The molecule has 0 N–H and O–H groups in total.